The van der Waals surface area contributed by atoms with Crippen molar-refractivity contribution in [3.63, 3.8) is 0 Å². The lowest BCUT2D eigenvalue weighted by Gasteiger charge is -2.48. The summed E-state index contributed by atoms with van der Waals surface area (Å²) in [6, 6.07) is 19.7. The Hall–Kier alpha value is -2.06. The third-order valence-electron chi connectivity index (χ3n) is 7.09. The van der Waals surface area contributed by atoms with Gasteiger partial charge in [0.2, 0.25) is 0 Å². The summed E-state index contributed by atoms with van der Waals surface area (Å²) >= 11 is 0. The fourth-order valence-electron chi connectivity index (χ4n) is 5.97. The first-order valence-electron chi connectivity index (χ1n) is 9.71. The monoisotopic (exact) mass is 328 g/mol. The van der Waals surface area contributed by atoms with Gasteiger partial charge in [-0.25, -0.2) is 0 Å². The summed E-state index contributed by atoms with van der Waals surface area (Å²) in [4.78, 5) is 6.67. The topological polar surface area (TPSA) is 19.0 Å². The van der Waals surface area contributed by atoms with Gasteiger partial charge in [-0.1, -0.05) is 48.0 Å². The molecule has 2 nitrogen and oxygen atoms in total. The zero-order valence-electron chi connectivity index (χ0n) is 14.7. The number of rotatable bonds is 1. The number of hydrogen-bond acceptors (Lipinski definition) is 1. The fourth-order valence-corrected chi connectivity index (χ4v) is 5.97. The molecule has 0 radical (unpaired) electrons. The van der Waals surface area contributed by atoms with Crippen LogP contribution in [0.15, 0.2) is 48.5 Å². The molecule has 3 aromatic rings. The van der Waals surface area contributed by atoms with E-state index in [9.17, 15) is 0 Å². The number of piperidine rings is 1. The molecule has 2 aromatic carbocycles. The second-order valence-corrected chi connectivity index (χ2v) is 8.31. The third kappa shape index (κ3) is 1.89. The number of aromatic amines is 1. The van der Waals surface area contributed by atoms with Crippen LogP contribution in [0.3, 0.4) is 0 Å². The average Bonchev–Trinajstić information content (AvgIpc) is 3.13. The van der Waals surface area contributed by atoms with E-state index in [0.29, 0.717) is 11.8 Å². The predicted octanol–water partition coefficient (Wildman–Crippen LogP) is 5.09. The van der Waals surface area contributed by atoms with E-state index in [1.165, 1.54) is 41.4 Å². The van der Waals surface area contributed by atoms with E-state index >= 15 is 0 Å². The lowest BCUT2D eigenvalue weighted by atomic mass is 9.71. The van der Waals surface area contributed by atoms with Gasteiger partial charge in [0.15, 0.2) is 0 Å². The van der Waals surface area contributed by atoms with E-state index in [1.54, 1.807) is 11.1 Å². The number of fused-ring (bicyclic) bond motifs is 4. The number of H-pyrrole nitrogens is 1. The molecule has 2 heteroatoms. The molecule has 4 unspecified atom stereocenters. The molecule has 0 saturated carbocycles. The van der Waals surface area contributed by atoms with E-state index in [0.717, 1.165) is 18.6 Å². The smallest absolute Gasteiger partial charge is 0.0459 e. The Kier molecular flexibility index (Phi) is 2.82. The summed E-state index contributed by atoms with van der Waals surface area (Å²) in [5.41, 5.74) is 7.33. The molecule has 25 heavy (non-hydrogen) atoms. The van der Waals surface area contributed by atoms with Gasteiger partial charge in [-0.3, -0.25) is 4.90 Å². The Labute approximate surface area is 148 Å². The molecule has 5 atom stereocenters. The molecule has 4 heterocycles. The van der Waals surface area contributed by atoms with Gasteiger partial charge in [0.25, 0.3) is 0 Å². The third-order valence-corrected chi connectivity index (χ3v) is 7.09. The maximum atomic E-state index is 3.84. The zero-order valence-corrected chi connectivity index (χ0v) is 14.7. The second kappa shape index (κ2) is 4.98. The van der Waals surface area contributed by atoms with Gasteiger partial charge in [0.05, 0.1) is 0 Å². The van der Waals surface area contributed by atoms with Crippen molar-refractivity contribution in [3.8, 4) is 0 Å². The molecular formula is C23H24N2. The van der Waals surface area contributed by atoms with Crippen molar-refractivity contribution in [1.82, 2.24) is 9.88 Å². The largest absolute Gasteiger partial charge is 0.358 e. The number of aromatic nitrogens is 1. The molecule has 0 spiro atoms. The number of para-hydroxylation sites is 1. The molecule has 1 aromatic heterocycles. The summed E-state index contributed by atoms with van der Waals surface area (Å²) in [6.07, 6.45) is 4.07. The minimum atomic E-state index is 0.623. The highest BCUT2D eigenvalue weighted by Crippen LogP contribution is 2.55. The molecule has 3 aliphatic rings. The van der Waals surface area contributed by atoms with Crippen LogP contribution in [0.2, 0.25) is 0 Å². The van der Waals surface area contributed by atoms with E-state index in [-0.39, 0.29) is 0 Å². The van der Waals surface area contributed by atoms with Gasteiger partial charge < -0.3 is 4.98 Å². The number of nitrogens with zero attached hydrogens (tertiary/aromatic N) is 1. The summed E-state index contributed by atoms with van der Waals surface area (Å²) in [5, 5.41) is 1.44. The van der Waals surface area contributed by atoms with Crippen molar-refractivity contribution in [2.45, 2.75) is 56.7 Å². The van der Waals surface area contributed by atoms with Crippen LogP contribution >= 0.6 is 0 Å². The molecule has 2 saturated heterocycles. The Balaban J connectivity index is 1.55. The summed E-state index contributed by atoms with van der Waals surface area (Å²) in [6.45, 7) is 3.33. The number of aryl methyl sites for hydroxylation is 1. The van der Waals surface area contributed by atoms with Gasteiger partial charge in [0, 0.05) is 41.1 Å². The van der Waals surface area contributed by atoms with Crippen LogP contribution in [0.25, 0.3) is 10.9 Å². The van der Waals surface area contributed by atoms with Crippen LogP contribution in [0.1, 0.15) is 53.5 Å². The minimum Gasteiger partial charge on any atom is -0.358 e. The molecule has 0 aliphatic carbocycles. The van der Waals surface area contributed by atoms with Crippen molar-refractivity contribution in [1.29, 1.82) is 0 Å². The van der Waals surface area contributed by atoms with Crippen LogP contribution in [-0.2, 0) is 6.54 Å². The number of nitrogens with one attached hydrogen (secondary N) is 1. The van der Waals surface area contributed by atoms with E-state index in [2.05, 4.69) is 65.3 Å². The average molecular weight is 328 g/mol. The molecule has 3 aliphatic heterocycles. The van der Waals surface area contributed by atoms with Crippen LogP contribution in [0.4, 0.5) is 0 Å². The molecule has 126 valence electrons. The van der Waals surface area contributed by atoms with Crippen LogP contribution < -0.4 is 0 Å². The molecule has 2 fully saturated rings. The van der Waals surface area contributed by atoms with E-state index in [4.69, 9.17) is 0 Å². The van der Waals surface area contributed by atoms with Crippen molar-refractivity contribution in [2.24, 2.45) is 0 Å². The standard InChI is InChI=1S/C23H24N2/c1-14-6-8-15(9-7-14)18-12-16-10-11-21-22(18)23-19(13-25(16)21)17-4-2-3-5-20(17)24-23/h2-9,16,18,21-22,24H,10-13H2,1H3/t16?,18-,21?,22?/m1/s1. The fraction of sp³-hybridized carbons (Fsp3) is 0.391. The quantitative estimate of drug-likeness (QED) is 0.659. The lowest BCUT2D eigenvalue weighted by molar-refractivity contribution is 0.0822. The summed E-state index contributed by atoms with van der Waals surface area (Å²) in [7, 11) is 0. The first kappa shape index (κ1) is 14.1. The van der Waals surface area contributed by atoms with Gasteiger partial charge in [-0.15, -0.1) is 0 Å². The maximum Gasteiger partial charge on any atom is 0.0459 e. The second-order valence-electron chi connectivity index (χ2n) is 8.31. The Bertz CT molecular complexity index is 952. The maximum absolute atomic E-state index is 3.84. The van der Waals surface area contributed by atoms with Crippen molar-refractivity contribution < 1.29 is 0 Å². The molecule has 4 bridgehead atoms. The highest BCUT2D eigenvalue weighted by atomic mass is 15.2. The minimum absolute atomic E-state index is 0.623. The van der Waals surface area contributed by atoms with Gasteiger partial charge in [-0.05, 0) is 49.3 Å². The van der Waals surface area contributed by atoms with Crippen LogP contribution in [-0.4, -0.2) is 22.0 Å². The number of benzene rings is 2. The Morgan fingerprint density at radius 3 is 2.72 bits per heavy atom. The van der Waals surface area contributed by atoms with Crippen LogP contribution in [0, 0.1) is 6.92 Å². The molecular weight excluding hydrogens is 304 g/mol. The molecule has 0 amide bonds. The van der Waals surface area contributed by atoms with Gasteiger partial charge in [-0.2, -0.15) is 0 Å². The lowest BCUT2D eigenvalue weighted by Crippen LogP contribution is -2.49. The van der Waals surface area contributed by atoms with Gasteiger partial charge in [0.1, 0.15) is 0 Å². The van der Waals surface area contributed by atoms with E-state index < -0.39 is 0 Å². The first-order valence-corrected chi connectivity index (χ1v) is 9.71. The zero-order chi connectivity index (χ0) is 16.5. The Morgan fingerprint density at radius 1 is 1.00 bits per heavy atom. The first-order chi connectivity index (χ1) is 12.3. The summed E-state index contributed by atoms with van der Waals surface area (Å²) in [5.74, 6) is 1.28. The SMILES string of the molecule is Cc1ccc([C@H]2CC3CCC4C2c2[nH]c5ccccc5c2CN34)cc1. The molecule has 1 N–H and O–H groups in total. The molecule has 6 rings (SSSR count). The van der Waals surface area contributed by atoms with Crippen molar-refractivity contribution in [2.75, 3.05) is 0 Å². The number of hydrogen-bond donors (Lipinski definition) is 1. The van der Waals surface area contributed by atoms with Crippen molar-refractivity contribution >= 4 is 10.9 Å². The predicted molar refractivity (Wildman–Crippen MR) is 102 cm³/mol. The highest BCUT2D eigenvalue weighted by molar-refractivity contribution is 5.85. The highest BCUT2D eigenvalue weighted by Gasteiger charge is 2.51. The van der Waals surface area contributed by atoms with E-state index in [1.807, 2.05) is 0 Å². The summed E-state index contributed by atoms with van der Waals surface area (Å²) < 4.78 is 0. The normalized spacial score (nSPS) is 32.8. The van der Waals surface area contributed by atoms with Gasteiger partial charge >= 0.3 is 0 Å². The Morgan fingerprint density at radius 2 is 1.84 bits per heavy atom. The van der Waals surface area contributed by atoms with Crippen molar-refractivity contribution in [3.05, 3.63) is 70.9 Å². The van der Waals surface area contributed by atoms with Crippen LogP contribution in [0.5, 0.6) is 0 Å².